The van der Waals surface area contributed by atoms with E-state index in [1.165, 1.54) is 11.1 Å². The lowest BCUT2D eigenvalue weighted by Crippen LogP contribution is -2.28. The predicted octanol–water partition coefficient (Wildman–Crippen LogP) is 3.53. The SMILES string of the molecule is COCCOc1ccccc1NC(=O)NCc1nc2cc(C)c(C)cc2[nH]1. The van der Waals surface area contributed by atoms with Gasteiger partial charge in [0, 0.05) is 7.11 Å². The number of amides is 2. The Kier molecular flexibility index (Phi) is 5.93. The lowest BCUT2D eigenvalue weighted by molar-refractivity contribution is 0.146. The normalized spacial score (nSPS) is 10.8. The van der Waals surface area contributed by atoms with Gasteiger partial charge >= 0.3 is 6.03 Å². The molecule has 3 aromatic rings. The highest BCUT2D eigenvalue weighted by Gasteiger charge is 2.09. The molecule has 0 atom stereocenters. The van der Waals surface area contributed by atoms with Crippen molar-refractivity contribution < 1.29 is 14.3 Å². The molecule has 0 aliphatic heterocycles. The van der Waals surface area contributed by atoms with E-state index in [2.05, 4.69) is 40.5 Å². The molecule has 1 aromatic heterocycles. The summed E-state index contributed by atoms with van der Waals surface area (Å²) in [5, 5.41) is 5.61. The van der Waals surface area contributed by atoms with Gasteiger partial charge in [0.05, 0.1) is 29.9 Å². The van der Waals surface area contributed by atoms with Crippen molar-refractivity contribution in [3.8, 4) is 5.75 Å². The van der Waals surface area contributed by atoms with E-state index >= 15 is 0 Å². The largest absolute Gasteiger partial charge is 0.489 e. The van der Waals surface area contributed by atoms with Gasteiger partial charge in [0.2, 0.25) is 0 Å². The number of benzene rings is 2. The fourth-order valence-corrected chi connectivity index (χ4v) is 2.67. The molecule has 0 bridgehead atoms. The number of hydrogen-bond donors (Lipinski definition) is 3. The monoisotopic (exact) mass is 368 g/mol. The molecule has 0 unspecified atom stereocenters. The minimum absolute atomic E-state index is 0.297. The van der Waals surface area contributed by atoms with Crippen LogP contribution in [0.1, 0.15) is 17.0 Å². The highest BCUT2D eigenvalue weighted by molar-refractivity contribution is 5.90. The van der Waals surface area contributed by atoms with Crippen LogP contribution in [0.5, 0.6) is 5.75 Å². The molecule has 0 aliphatic carbocycles. The standard InChI is InChI=1S/C20H24N4O3/c1-13-10-16-17(11-14(13)2)23-19(22-16)12-21-20(25)24-15-6-4-5-7-18(15)27-9-8-26-3/h4-7,10-11H,8-9,12H2,1-3H3,(H,22,23)(H2,21,24,25). The molecular formula is C20H24N4O3. The van der Waals surface area contributed by atoms with Crippen molar-refractivity contribution >= 4 is 22.8 Å². The second-order valence-corrected chi connectivity index (χ2v) is 6.28. The molecule has 0 saturated heterocycles. The summed E-state index contributed by atoms with van der Waals surface area (Å²) in [7, 11) is 1.61. The predicted molar refractivity (Wildman–Crippen MR) is 105 cm³/mol. The van der Waals surface area contributed by atoms with Gasteiger partial charge in [-0.05, 0) is 49.2 Å². The average Bonchev–Trinajstić information content (AvgIpc) is 3.03. The first-order valence-electron chi connectivity index (χ1n) is 8.78. The lowest BCUT2D eigenvalue weighted by atomic mass is 10.1. The van der Waals surface area contributed by atoms with E-state index in [0.29, 0.717) is 37.0 Å². The number of imidazole rings is 1. The third-order valence-corrected chi connectivity index (χ3v) is 4.24. The number of nitrogens with zero attached hydrogens (tertiary/aromatic N) is 1. The molecule has 3 rings (SSSR count). The van der Waals surface area contributed by atoms with Gasteiger partial charge in [-0.25, -0.2) is 9.78 Å². The van der Waals surface area contributed by atoms with Gasteiger partial charge in [-0.3, -0.25) is 0 Å². The Labute approximate surface area is 158 Å². The Hall–Kier alpha value is -3.06. The van der Waals surface area contributed by atoms with Crippen LogP contribution in [0.3, 0.4) is 0 Å². The molecule has 0 radical (unpaired) electrons. The molecule has 2 amide bonds. The zero-order valence-corrected chi connectivity index (χ0v) is 15.8. The molecule has 7 heteroatoms. The van der Waals surface area contributed by atoms with E-state index in [0.717, 1.165) is 11.0 Å². The number of anilines is 1. The van der Waals surface area contributed by atoms with Crippen molar-refractivity contribution in [1.29, 1.82) is 0 Å². The van der Waals surface area contributed by atoms with Gasteiger partial charge in [-0.2, -0.15) is 0 Å². The van der Waals surface area contributed by atoms with Gasteiger partial charge in [-0.15, -0.1) is 0 Å². The highest BCUT2D eigenvalue weighted by atomic mass is 16.5. The topological polar surface area (TPSA) is 88.3 Å². The number of nitrogens with one attached hydrogen (secondary N) is 3. The molecule has 3 N–H and O–H groups in total. The van der Waals surface area contributed by atoms with E-state index in [9.17, 15) is 4.79 Å². The van der Waals surface area contributed by atoms with Crippen LogP contribution in [-0.2, 0) is 11.3 Å². The molecule has 0 saturated carbocycles. The van der Waals surface area contributed by atoms with E-state index in [-0.39, 0.29) is 6.03 Å². The fraction of sp³-hybridized carbons (Fsp3) is 0.300. The third-order valence-electron chi connectivity index (χ3n) is 4.24. The fourth-order valence-electron chi connectivity index (χ4n) is 2.67. The minimum Gasteiger partial charge on any atom is -0.489 e. The number of ether oxygens (including phenoxy) is 2. The third kappa shape index (κ3) is 4.77. The number of carbonyl (C=O) groups excluding carboxylic acids is 1. The highest BCUT2D eigenvalue weighted by Crippen LogP contribution is 2.23. The molecule has 0 spiro atoms. The zero-order chi connectivity index (χ0) is 19.2. The summed E-state index contributed by atoms with van der Waals surface area (Å²) in [5.74, 6) is 1.30. The number of aromatic nitrogens is 2. The number of urea groups is 1. The lowest BCUT2D eigenvalue weighted by Gasteiger charge is -2.12. The van der Waals surface area contributed by atoms with Gasteiger partial charge < -0.3 is 25.1 Å². The van der Waals surface area contributed by atoms with Crippen LogP contribution in [0.25, 0.3) is 11.0 Å². The zero-order valence-electron chi connectivity index (χ0n) is 15.8. The number of fused-ring (bicyclic) bond motifs is 1. The van der Waals surface area contributed by atoms with Crippen LogP contribution in [0.2, 0.25) is 0 Å². The van der Waals surface area contributed by atoms with E-state index in [1.54, 1.807) is 19.2 Å². The summed E-state index contributed by atoms with van der Waals surface area (Å²) < 4.78 is 10.6. The van der Waals surface area contributed by atoms with Crippen molar-refractivity contribution in [2.45, 2.75) is 20.4 Å². The number of aromatic amines is 1. The Morgan fingerprint density at radius 3 is 2.74 bits per heavy atom. The molecular weight excluding hydrogens is 344 g/mol. The van der Waals surface area contributed by atoms with Gasteiger partial charge in [-0.1, -0.05) is 12.1 Å². The van der Waals surface area contributed by atoms with E-state index < -0.39 is 0 Å². The molecule has 2 aromatic carbocycles. The maximum absolute atomic E-state index is 12.2. The summed E-state index contributed by atoms with van der Waals surface area (Å²) in [5.41, 5.74) is 4.85. The second-order valence-electron chi connectivity index (χ2n) is 6.28. The number of rotatable bonds is 7. The average molecular weight is 368 g/mol. The summed E-state index contributed by atoms with van der Waals surface area (Å²) in [6.45, 7) is 5.31. The smallest absolute Gasteiger partial charge is 0.319 e. The second kappa shape index (κ2) is 8.55. The van der Waals surface area contributed by atoms with Crippen molar-refractivity contribution in [1.82, 2.24) is 15.3 Å². The summed E-state index contributed by atoms with van der Waals surface area (Å²) in [4.78, 5) is 20.0. The van der Waals surface area contributed by atoms with Crippen LogP contribution < -0.4 is 15.4 Å². The van der Waals surface area contributed by atoms with Gasteiger partial charge in [0.15, 0.2) is 0 Å². The van der Waals surface area contributed by atoms with Crippen LogP contribution in [0.4, 0.5) is 10.5 Å². The summed E-state index contributed by atoms with van der Waals surface area (Å²) in [6.07, 6.45) is 0. The Morgan fingerprint density at radius 2 is 1.93 bits per heavy atom. The quantitative estimate of drug-likeness (QED) is 0.557. The van der Waals surface area contributed by atoms with Crippen LogP contribution >= 0.6 is 0 Å². The number of para-hydroxylation sites is 2. The Balaban J connectivity index is 1.60. The maximum atomic E-state index is 12.2. The molecule has 7 nitrogen and oxygen atoms in total. The number of carbonyl (C=O) groups is 1. The molecule has 0 fully saturated rings. The number of hydrogen-bond acceptors (Lipinski definition) is 4. The Morgan fingerprint density at radius 1 is 1.15 bits per heavy atom. The van der Waals surface area contributed by atoms with Gasteiger partial charge in [0.1, 0.15) is 18.2 Å². The summed E-state index contributed by atoms with van der Waals surface area (Å²) in [6, 6.07) is 11.0. The molecule has 1 heterocycles. The van der Waals surface area contributed by atoms with Crippen molar-refractivity contribution in [2.24, 2.45) is 0 Å². The Bertz CT molecular complexity index is 897. The first-order valence-corrected chi connectivity index (χ1v) is 8.78. The van der Waals surface area contributed by atoms with Crippen LogP contribution in [-0.4, -0.2) is 36.3 Å². The minimum atomic E-state index is -0.328. The van der Waals surface area contributed by atoms with Crippen molar-refractivity contribution in [2.75, 3.05) is 25.6 Å². The molecule has 27 heavy (non-hydrogen) atoms. The van der Waals surface area contributed by atoms with E-state index in [4.69, 9.17) is 9.47 Å². The first kappa shape index (κ1) is 18.7. The van der Waals surface area contributed by atoms with E-state index in [1.807, 2.05) is 18.2 Å². The van der Waals surface area contributed by atoms with Crippen LogP contribution in [0.15, 0.2) is 36.4 Å². The first-order chi connectivity index (χ1) is 13.1. The maximum Gasteiger partial charge on any atom is 0.319 e. The number of H-pyrrole nitrogens is 1. The molecule has 0 aliphatic rings. The molecule has 142 valence electrons. The van der Waals surface area contributed by atoms with Gasteiger partial charge in [0.25, 0.3) is 0 Å². The van der Waals surface area contributed by atoms with Crippen LogP contribution in [0, 0.1) is 13.8 Å². The van der Waals surface area contributed by atoms with Crippen molar-refractivity contribution in [3.63, 3.8) is 0 Å². The number of aryl methyl sites for hydroxylation is 2. The van der Waals surface area contributed by atoms with Crippen molar-refractivity contribution in [3.05, 3.63) is 53.3 Å². The number of methoxy groups -OCH3 is 1. The summed E-state index contributed by atoms with van der Waals surface area (Å²) >= 11 is 0.